The number of halogens is 3. The van der Waals surface area contributed by atoms with Crippen LogP contribution in [0.3, 0.4) is 0 Å². The van der Waals surface area contributed by atoms with Crippen LogP contribution in [0.15, 0.2) is 73.3 Å². The summed E-state index contributed by atoms with van der Waals surface area (Å²) >= 11 is 0. The van der Waals surface area contributed by atoms with Crippen LogP contribution in [-0.4, -0.2) is 25.4 Å². The second kappa shape index (κ2) is 9.11. The predicted molar refractivity (Wildman–Crippen MR) is 116 cm³/mol. The number of carbonyl (C=O) groups excluding carboxylic acids is 1. The Morgan fingerprint density at radius 2 is 1.85 bits per heavy atom. The second-order valence-electron chi connectivity index (χ2n) is 7.15. The monoisotopic (exact) mass is 452 g/mol. The van der Waals surface area contributed by atoms with Crippen LogP contribution in [0.25, 0.3) is 5.82 Å². The molecule has 0 unspecified atom stereocenters. The highest BCUT2D eigenvalue weighted by Gasteiger charge is 2.30. The van der Waals surface area contributed by atoms with Crippen LogP contribution >= 0.6 is 0 Å². The molecule has 168 valence electrons. The second-order valence-corrected chi connectivity index (χ2v) is 7.15. The van der Waals surface area contributed by atoms with Crippen molar-refractivity contribution in [3.05, 3.63) is 95.8 Å². The third-order valence-electron chi connectivity index (χ3n) is 4.84. The number of nitrogens with one attached hydrogen (secondary N) is 2. The minimum atomic E-state index is -4.47. The first-order valence-corrected chi connectivity index (χ1v) is 9.94. The Kier molecular flexibility index (Phi) is 6.07. The van der Waals surface area contributed by atoms with Gasteiger partial charge in [0.25, 0.3) is 5.91 Å². The molecule has 0 aliphatic carbocycles. The van der Waals surface area contributed by atoms with Crippen molar-refractivity contribution in [3.8, 4) is 5.82 Å². The number of carbonyl (C=O) groups is 1. The number of rotatable bonds is 6. The largest absolute Gasteiger partial charge is 0.416 e. The van der Waals surface area contributed by atoms with E-state index in [1.807, 2.05) is 17.6 Å². The lowest BCUT2D eigenvalue weighted by Gasteiger charge is -2.13. The minimum Gasteiger partial charge on any atom is -0.348 e. The first-order chi connectivity index (χ1) is 15.8. The van der Waals surface area contributed by atoms with Crippen molar-refractivity contribution in [1.82, 2.24) is 24.8 Å². The van der Waals surface area contributed by atoms with E-state index >= 15 is 0 Å². The van der Waals surface area contributed by atoms with Gasteiger partial charge in [0.15, 0.2) is 0 Å². The number of hydrogen-bond acceptors (Lipinski definition) is 5. The molecule has 4 aromatic rings. The number of pyridine rings is 2. The molecule has 0 atom stereocenters. The third-order valence-corrected chi connectivity index (χ3v) is 4.84. The summed E-state index contributed by atoms with van der Waals surface area (Å²) in [5.41, 5.74) is 0.399. The summed E-state index contributed by atoms with van der Waals surface area (Å²) in [7, 11) is 0. The fourth-order valence-corrected chi connectivity index (χ4v) is 3.20. The fraction of sp³-hybridized carbons (Fsp3) is 0.130. The zero-order valence-electron chi connectivity index (χ0n) is 17.5. The van der Waals surface area contributed by atoms with Crippen LogP contribution in [0.1, 0.15) is 27.3 Å². The highest BCUT2D eigenvalue weighted by atomic mass is 19.4. The molecule has 1 amide bonds. The minimum absolute atomic E-state index is 0.152. The van der Waals surface area contributed by atoms with E-state index in [0.29, 0.717) is 5.82 Å². The molecular weight excluding hydrogens is 433 g/mol. The summed E-state index contributed by atoms with van der Waals surface area (Å²) in [6.07, 6.45) is 2.09. The van der Waals surface area contributed by atoms with Crippen LogP contribution < -0.4 is 10.6 Å². The van der Waals surface area contributed by atoms with Crippen LogP contribution in [0, 0.1) is 6.92 Å². The molecular formula is C23H19F3N6O. The average molecular weight is 452 g/mol. The number of aryl methyl sites for hydroxylation is 1. The Labute approximate surface area is 187 Å². The van der Waals surface area contributed by atoms with Gasteiger partial charge in [0, 0.05) is 37.0 Å². The molecule has 0 aliphatic rings. The lowest BCUT2D eigenvalue weighted by molar-refractivity contribution is -0.137. The van der Waals surface area contributed by atoms with Gasteiger partial charge in [-0.1, -0.05) is 6.07 Å². The Morgan fingerprint density at radius 1 is 1.00 bits per heavy atom. The normalized spacial score (nSPS) is 11.3. The van der Waals surface area contributed by atoms with E-state index in [4.69, 9.17) is 0 Å². The molecule has 1 aromatic carbocycles. The Balaban J connectivity index is 1.49. The number of amides is 1. The van der Waals surface area contributed by atoms with Crippen molar-refractivity contribution in [3.63, 3.8) is 0 Å². The van der Waals surface area contributed by atoms with Gasteiger partial charge in [-0.15, -0.1) is 0 Å². The molecule has 33 heavy (non-hydrogen) atoms. The van der Waals surface area contributed by atoms with Crippen molar-refractivity contribution in [1.29, 1.82) is 0 Å². The van der Waals surface area contributed by atoms with E-state index < -0.39 is 17.6 Å². The van der Waals surface area contributed by atoms with Crippen molar-refractivity contribution in [2.45, 2.75) is 19.6 Å². The zero-order chi connectivity index (χ0) is 23.4. The Bertz CT molecular complexity index is 1280. The van der Waals surface area contributed by atoms with Crippen LogP contribution in [-0.2, 0) is 12.7 Å². The average Bonchev–Trinajstić information content (AvgIpc) is 3.23. The smallest absolute Gasteiger partial charge is 0.348 e. The highest BCUT2D eigenvalue weighted by Crippen LogP contribution is 2.31. The number of imidazole rings is 1. The van der Waals surface area contributed by atoms with E-state index in [2.05, 4.69) is 25.6 Å². The van der Waals surface area contributed by atoms with Gasteiger partial charge in [-0.25, -0.2) is 15.0 Å². The lowest BCUT2D eigenvalue weighted by Crippen LogP contribution is -2.24. The predicted octanol–water partition coefficient (Wildman–Crippen LogP) is 4.66. The topological polar surface area (TPSA) is 84.7 Å². The van der Waals surface area contributed by atoms with Gasteiger partial charge in [-0.05, 0) is 55.0 Å². The summed E-state index contributed by atoms with van der Waals surface area (Å²) in [5, 5.41) is 5.62. The third kappa shape index (κ3) is 5.17. The molecule has 10 heteroatoms. The van der Waals surface area contributed by atoms with Gasteiger partial charge in [-0.2, -0.15) is 13.2 Å². The fourth-order valence-electron chi connectivity index (χ4n) is 3.20. The molecule has 0 saturated heterocycles. The van der Waals surface area contributed by atoms with Crippen LogP contribution in [0.2, 0.25) is 0 Å². The molecule has 0 fully saturated rings. The maximum absolute atomic E-state index is 13.0. The van der Waals surface area contributed by atoms with Crippen molar-refractivity contribution < 1.29 is 18.0 Å². The van der Waals surface area contributed by atoms with Gasteiger partial charge in [0.05, 0.1) is 11.1 Å². The van der Waals surface area contributed by atoms with Crippen molar-refractivity contribution in [2.75, 3.05) is 5.32 Å². The molecule has 2 N–H and O–H groups in total. The van der Waals surface area contributed by atoms with Crippen LogP contribution in [0.5, 0.6) is 0 Å². The van der Waals surface area contributed by atoms with Crippen molar-refractivity contribution in [2.24, 2.45) is 0 Å². The highest BCUT2D eigenvalue weighted by molar-refractivity contribution is 5.99. The quantitative estimate of drug-likeness (QED) is 0.444. The maximum Gasteiger partial charge on any atom is 0.416 e. The number of nitrogens with zero attached hydrogens (tertiary/aromatic N) is 4. The Morgan fingerprint density at radius 3 is 2.61 bits per heavy atom. The molecule has 0 bridgehead atoms. The molecule has 3 heterocycles. The zero-order valence-corrected chi connectivity index (χ0v) is 17.5. The Hall–Kier alpha value is -4.21. The summed E-state index contributed by atoms with van der Waals surface area (Å²) in [6.45, 7) is 2.08. The van der Waals surface area contributed by atoms with E-state index in [-0.39, 0.29) is 23.6 Å². The number of anilines is 2. The van der Waals surface area contributed by atoms with Crippen LogP contribution in [0.4, 0.5) is 24.7 Å². The SMILES string of the molecule is Cc1nccn1-c1cc(CNC(=O)c2cccnc2Nc2cccc(C(F)(F)F)c2)ccn1. The summed E-state index contributed by atoms with van der Waals surface area (Å²) < 4.78 is 40.8. The summed E-state index contributed by atoms with van der Waals surface area (Å²) in [4.78, 5) is 25.4. The number of alkyl halides is 3. The van der Waals surface area contributed by atoms with E-state index in [9.17, 15) is 18.0 Å². The maximum atomic E-state index is 13.0. The molecule has 0 aliphatic heterocycles. The first kappa shape index (κ1) is 22.0. The van der Waals surface area contributed by atoms with E-state index in [0.717, 1.165) is 23.5 Å². The summed E-state index contributed by atoms with van der Waals surface area (Å²) in [5.74, 6) is 1.18. The molecule has 0 spiro atoms. The standard InChI is InChI=1S/C23H19F3N6O/c1-15-27-10-11-32(15)20-12-16(7-9-28-20)14-30-22(33)19-6-3-8-29-21(19)31-18-5-2-4-17(13-18)23(24,25)26/h2-13H,14H2,1H3,(H,29,31)(H,30,33). The van der Waals surface area contributed by atoms with Gasteiger partial charge >= 0.3 is 6.18 Å². The number of benzene rings is 1. The molecule has 3 aromatic heterocycles. The summed E-state index contributed by atoms with van der Waals surface area (Å²) in [6, 6.07) is 11.4. The lowest BCUT2D eigenvalue weighted by atomic mass is 10.1. The number of hydrogen-bond donors (Lipinski definition) is 2. The first-order valence-electron chi connectivity index (χ1n) is 9.94. The van der Waals surface area contributed by atoms with Gasteiger partial charge in [0.1, 0.15) is 17.5 Å². The van der Waals surface area contributed by atoms with E-state index in [1.165, 1.54) is 18.3 Å². The van der Waals surface area contributed by atoms with E-state index in [1.54, 1.807) is 36.8 Å². The molecule has 4 rings (SSSR count). The van der Waals surface area contributed by atoms with Crippen molar-refractivity contribution >= 4 is 17.4 Å². The van der Waals surface area contributed by atoms with Gasteiger partial charge in [-0.3, -0.25) is 9.36 Å². The molecule has 0 radical (unpaired) electrons. The molecule has 7 nitrogen and oxygen atoms in total. The van der Waals surface area contributed by atoms with Gasteiger partial charge in [0.2, 0.25) is 0 Å². The number of aromatic nitrogens is 4. The van der Waals surface area contributed by atoms with Gasteiger partial charge < -0.3 is 10.6 Å². The molecule has 0 saturated carbocycles.